The van der Waals surface area contributed by atoms with Crippen LogP contribution in [0.2, 0.25) is 0 Å². The second-order valence-electron chi connectivity index (χ2n) is 9.69. The minimum absolute atomic E-state index is 0.150. The van der Waals surface area contributed by atoms with E-state index in [0.29, 0.717) is 11.8 Å². The Morgan fingerprint density at radius 3 is 2.37 bits per heavy atom. The molecule has 1 atom stereocenters. The third-order valence-electron chi connectivity index (χ3n) is 6.15. The normalized spacial score (nSPS) is 13.1. The van der Waals surface area contributed by atoms with Gasteiger partial charge in [0.25, 0.3) is 0 Å². The first-order valence-corrected chi connectivity index (χ1v) is 14.5. The van der Waals surface area contributed by atoms with Gasteiger partial charge in [0.1, 0.15) is 0 Å². The highest BCUT2D eigenvalue weighted by atomic mass is 32.2. The topological polar surface area (TPSA) is 17.1 Å². The molecule has 0 saturated carbocycles. The van der Waals surface area contributed by atoms with Gasteiger partial charge in [0, 0.05) is 26.3 Å². The molecule has 3 heteroatoms. The molecule has 0 N–H and O–H groups in total. The van der Waals surface area contributed by atoms with E-state index in [9.17, 15) is 4.79 Å². The predicted octanol–water partition coefficient (Wildman–Crippen LogP) is 10.1. The molecule has 0 bridgehead atoms. The van der Waals surface area contributed by atoms with Gasteiger partial charge in [-0.1, -0.05) is 82.8 Å². The van der Waals surface area contributed by atoms with Crippen molar-refractivity contribution in [2.24, 2.45) is 5.92 Å². The quantitative estimate of drug-likeness (QED) is 0.109. The van der Waals surface area contributed by atoms with E-state index >= 15 is 0 Å². The van der Waals surface area contributed by atoms with Crippen LogP contribution >= 0.6 is 22.2 Å². The fourth-order valence-corrected chi connectivity index (χ4v) is 7.66. The van der Waals surface area contributed by atoms with Crippen LogP contribution in [0.3, 0.4) is 0 Å². The van der Waals surface area contributed by atoms with Gasteiger partial charge < -0.3 is 0 Å². The Bertz CT molecular complexity index is 1490. The minimum Gasteiger partial charge on any atom is -0.288 e. The number of benzene rings is 3. The molecule has 0 aliphatic heterocycles. The molecule has 1 nitrogen and oxygen atoms in total. The van der Waals surface area contributed by atoms with Gasteiger partial charge in [-0.25, -0.2) is 0 Å². The van der Waals surface area contributed by atoms with Crippen molar-refractivity contribution in [1.82, 2.24) is 0 Å². The zero-order chi connectivity index (χ0) is 25.1. The summed E-state index contributed by atoms with van der Waals surface area (Å²) in [5.41, 5.74) is 2.64. The van der Waals surface area contributed by atoms with E-state index in [0.717, 1.165) is 26.6 Å². The van der Waals surface area contributed by atoms with Crippen LogP contribution in [0, 0.1) is 12.8 Å². The maximum absolute atomic E-state index is 13.5. The summed E-state index contributed by atoms with van der Waals surface area (Å²) in [7, 11) is -0.303. The Balaban J connectivity index is 1.87. The summed E-state index contributed by atoms with van der Waals surface area (Å²) in [6, 6.07) is 21.5. The predicted molar refractivity (Wildman–Crippen MR) is 159 cm³/mol. The summed E-state index contributed by atoms with van der Waals surface area (Å²) in [4.78, 5) is 17.3. The molecule has 4 aromatic rings. The summed E-state index contributed by atoms with van der Waals surface area (Å²) in [6.07, 6.45) is 7.83. The van der Waals surface area contributed by atoms with Gasteiger partial charge in [-0.2, -0.15) is 0 Å². The second-order valence-corrected chi connectivity index (χ2v) is 12.8. The fourth-order valence-electron chi connectivity index (χ4n) is 4.23. The highest BCUT2D eigenvalue weighted by Crippen LogP contribution is 2.45. The lowest BCUT2D eigenvalue weighted by Gasteiger charge is -2.10. The van der Waals surface area contributed by atoms with E-state index in [1.54, 1.807) is 0 Å². The molecule has 0 aliphatic carbocycles. The van der Waals surface area contributed by atoms with Crippen LogP contribution in [0.4, 0.5) is 0 Å². The van der Waals surface area contributed by atoms with Crippen molar-refractivity contribution in [3.63, 3.8) is 0 Å². The molecule has 0 saturated heterocycles. The van der Waals surface area contributed by atoms with Crippen molar-refractivity contribution < 1.29 is 0 Å². The minimum atomic E-state index is -0.303. The van der Waals surface area contributed by atoms with E-state index in [1.807, 2.05) is 23.9 Å². The Morgan fingerprint density at radius 1 is 0.943 bits per heavy atom. The molecule has 0 radical (unpaired) electrons. The Labute approximate surface area is 216 Å². The zero-order valence-corrected chi connectivity index (χ0v) is 23.2. The van der Waals surface area contributed by atoms with Gasteiger partial charge >= 0.3 is 0 Å². The summed E-state index contributed by atoms with van der Waals surface area (Å²) >= 11 is 1.84. The smallest absolute Gasteiger partial charge is 0.203 e. The number of aryl methyl sites for hydroxylation is 1. The van der Waals surface area contributed by atoms with Crippen molar-refractivity contribution in [1.29, 1.82) is 0 Å². The van der Waals surface area contributed by atoms with E-state index in [4.69, 9.17) is 0 Å². The highest BCUT2D eigenvalue weighted by Gasteiger charge is 2.24. The Morgan fingerprint density at radius 2 is 1.69 bits per heavy atom. The number of rotatable bonds is 7. The van der Waals surface area contributed by atoms with Crippen LogP contribution in [0.25, 0.3) is 25.1 Å². The van der Waals surface area contributed by atoms with Gasteiger partial charge in [-0.15, -0.1) is 0 Å². The zero-order valence-electron chi connectivity index (χ0n) is 21.6. The van der Waals surface area contributed by atoms with Crippen LogP contribution in [0.15, 0.2) is 93.5 Å². The molecule has 35 heavy (non-hydrogen) atoms. The highest BCUT2D eigenvalue weighted by molar-refractivity contribution is 8.03. The average molecular weight is 500 g/mol. The molecule has 3 aromatic carbocycles. The molecule has 180 valence electrons. The lowest BCUT2D eigenvalue weighted by molar-refractivity contribution is 0.831. The number of hydrogen-bond donors (Lipinski definition) is 0. The maximum atomic E-state index is 13.5. The molecular weight excluding hydrogens is 464 g/mol. The largest absolute Gasteiger partial charge is 0.288 e. The molecule has 4 rings (SSSR count). The SMILES string of the molecule is CC/C=C(\C=C/C(C)C)Sc1ccc(-[s+]2c3ccccc3c(=O)c3cc(C(C)C)ccc32)cc1C. The van der Waals surface area contributed by atoms with Gasteiger partial charge in [-0.05, 0) is 72.7 Å². The molecular formula is C32H35OS2+. The van der Waals surface area contributed by atoms with Crippen LogP contribution in [-0.2, 0) is 0 Å². The van der Waals surface area contributed by atoms with E-state index in [-0.39, 0.29) is 15.9 Å². The summed E-state index contributed by atoms with van der Waals surface area (Å²) in [5.74, 6) is 0.923. The third kappa shape index (κ3) is 5.47. The first-order chi connectivity index (χ1) is 16.8. The fraction of sp³-hybridized carbons (Fsp3) is 0.281. The van der Waals surface area contributed by atoms with Crippen molar-refractivity contribution in [3.05, 3.63) is 105 Å². The van der Waals surface area contributed by atoms with Crippen molar-refractivity contribution in [2.75, 3.05) is 0 Å². The Kier molecular flexibility index (Phi) is 7.98. The summed E-state index contributed by atoms with van der Waals surface area (Å²) in [6.45, 7) is 13.2. The van der Waals surface area contributed by atoms with Crippen molar-refractivity contribution >= 4 is 42.4 Å². The van der Waals surface area contributed by atoms with Crippen LogP contribution in [0.5, 0.6) is 0 Å². The van der Waals surface area contributed by atoms with Gasteiger partial charge in [0.15, 0.2) is 14.3 Å². The summed E-state index contributed by atoms with van der Waals surface area (Å²) < 4.78 is 2.28. The Hall–Kier alpha value is -2.62. The maximum Gasteiger partial charge on any atom is 0.203 e. The van der Waals surface area contributed by atoms with Crippen LogP contribution in [-0.4, -0.2) is 0 Å². The van der Waals surface area contributed by atoms with Crippen LogP contribution < -0.4 is 5.43 Å². The van der Waals surface area contributed by atoms with Gasteiger partial charge in [0.05, 0.1) is 10.8 Å². The van der Waals surface area contributed by atoms with E-state index in [1.165, 1.54) is 25.8 Å². The van der Waals surface area contributed by atoms with Crippen LogP contribution in [0.1, 0.15) is 58.1 Å². The number of thioether (sulfide) groups is 1. The lowest BCUT2D eigenvalue weighted by atomic mass is 10.0. The molecule has 0 fully saturated rings. The second kappa shape index (κ2) is 11.0. The standard InChI is InChI=1S/C32H35OS2/c1-7-10-25(15-13-21(2)3)34-29-17-16-26(19-23(29)6)35-30-12-9-8-11-27(30)32(33)28-20-24(22(4)5)14-18-31(28)35/h8-22H,7H2,1-6H3/q+1/b15-13-,25-10+. The average Bonchev–Trinajstić information content (AvgIpc) is 2.84. The molecule has 0 amide bonds. The third-order valence-corrected chi connectivity index (χ3v) is 9.68. The number of allylic oxidation sites excluding steroid dienone is 3. The molecule has 1 heterocycles. The number of fused-ring (bicyclic) bond motifs is 2. The summed E-state index contributed by atoms with van der Waals surface area (Å²) in [5, 5.41) is 1.70. The lowest BCUT2D eigenvalue weighted by Crippen LogP contribution is -2.03. The monoisotopic (exact) mass is 499 g/mol. The molecule has 1 aromatic heterocycles. The molecule has 0 aliphatic rings. The van der Waals surface area contributed by atoms with Gasteiger partial charge in [0.2, 0.25) is 5.43 Å². The van der Waals surface area contributed by atoms with E-state index < -0.39 is 0 Å². The van der Waals surface area contributed by atoms with Gasteiger partial charge in [-0.3, -0.25) is 4.79 Å². The van der Waals surface area contributed by atoms with Crippen molar-refractivity contribution in [3.8, 4) is 4.90 Å². The molecule has 1 unspecified atom stereocenters. The number of hydrogen-bond acceptors (Lipinski definition) is 2. The van der Waals surface area contributed by atoms with Crippen molar-refractivity contribution in [2.45, 2.75) is 58.8 Å². The first-order valence-electron chi connectivity index (χ1n) is 12.5. The molecule has 0 spiro atoms. The first kappa shape index (κ1) is 25.5. The van der Waals surface area contributed by atoms with E-state index in [2.05, 4.69) is 108 Å².